The van der Waals surface area contributed by atoms with Crippen LogP contribution in [0.5, 0.6) is 28.7 Å². The van der Waals surface area contributed by atoms with Crippen LogP contribution in [0.1, 0.15) is 48.0 Å². The Morgan fingerprint density at radius 3 is 2.33 bits per heavy atom. The highest BCUT2D eigenvalue weighted by molar-refractivity contribution is 6.35. The Labute approximate surface area is 285 Å². The number of nitrogens with zero attached hydrogens (tertiary/aromatic N) is 3. The smallest absolute Gasteiger partial charge is 0.231 e. The molecule has 2 N–H and O–H groups in total. The van der Waals surface area contributed by atoms with E-state index in [-0.39, 0.29) is 63.7 Å². The number of Topliss-reactive ketones (excluding diaryl/α,β-unsaturated/α-hetero) is 2. The van der Waals surface area contributed by atoms with E-state index in [1.807, 2.05) is 14.1 Å². The monoisotopic (exact) mass is 685 g/mol. The maximum Gasteiger partial charge on any atom is 0.231 e. The van der Waals surface area contributed by atoms with Crippen LogP contribution < -0.4 is 18.9 Å². The number of phenols is 1. The first-order valence-electron chi connectivity index (χ1n) is 16.0. The lowest BCUT2D eigenvalue weighted by atomic mass is 9.69. The maximum absolute atomic E-state index is 14.3. The number of piperazine rings is 1. The molecule has 2 heterocycles. The predicted octanol–water partition coefficient (Wildman–Crippen LogP) is 4.08. The average Bonchev–Trinajstić information content (AvgIpc) is 3.38. The Balaban J connectivity index is 1.54. The van der Waals surface area contributed by atoms with E-state index in [1.165, 1.54) is 39.5 Å². The molecular formula is C35H44ClN3O9. The van der Waals surface area contributed by atoms with Crippen molar-refractivity contribution in [2.75, 3.05) is 74.7 Å². The van der Waals surface area contributed by atoms with Gasteiger partial charge in [-0.15, -0.1) is 0 Å². The minimum Gasteiger partial charge on any atom is -0.507 e. The van der Waals surface area contributed by atoms with Crippen LogP contribution in [0.2, 0.25) is 5.02 Å². The predicted molar refractivity (Wildman–Crippen MR) is 179 cm³/mol. The lowest BCUT2D eigenvalue weighted by molar-refractivity contribution is -0.133. The molecule has 13 heteroatoms. The molecule has 3 aliphatic rings. The molecule has 1 unspecified atom stereocenters. The molecule has 1 fully saturated rings. The third-order valence-corrected chi connectivity index (χ3v) is 10.0. The molecule has 1 aliphatic carbocycles. The van der Waals surface area contributed by atoms with Crippen molar-refractivity contribution in [3.05, 3.63) is 51.7 Å². The van der Waals surface area contributed by atoms with Crippen LogP contribution in [0.15, 0.2) is 35.6 Å². The van der Waals surface area contributed by atoms with Crippen LogP contribution in [-0.2, 0) is 9.59 Å². The number of carbonyl (C=O) groups excluding carboxylic acids is 3. The molecule has 2 aliphatic heterocycles. The fraction of sp³-hybridized carbons (Fsp3) is 0.514. The van der Waals surface area contributed by atoms with Crippen LogP contribution in [-0.4, -0.2) is 123 Å². The molecule has 260 valence electrons. The van der Waals surface area contributed by atoms with Crippen LogP contribution in [0.3, 0.4) is 0 Å². The van der Waals surface area contributed by atoms with E-state index in [1.54, 1.807) is 17.9 Å². The first-order valence-corrected chi connectivity index (χ1v) is 16.4. The second-order valence-electron chi connectivity index (χ2n) is 12.8. The van der Waals surface area contributed by atoms with Crippen LogP contribution in [0.4, 0.5) is 0 Å². The highest BCUT2D eigenvalue weighted by Gasteiger charge is 2.61. The Kier molecular flexibility index (Phi) is 10.5. The minimum absolute atomic E-state index is 0.0210. The standard InChI is InChI=1S/C35H44ClN3O9/c1-20-16-24(41)29(33(43)35(20)34(44)30-26(46-5)19-27(47-6)31(36)32(30)48-35)22(21-8-9-23(40)25(17-21)45-4)18-28(42)39-14-12-38(13-15-39)11-7-10-37(2)3/h8-9,17,19-20,22,40,43H,7,10-16,18H2,1-6H3/t20-,22?,35+/m1/s1. The molecule has 1 spiro atoms. The molecule has 0 radical (unpaired) electrons. The number of aromatic hydroxyl groups is 1. The molecule has 3 atom stereocenters. The van der Waals surface area contributed by atoms with E-state index >= 15 is 0 Å². The molecule has 1 saturated heterocycles. The van der Waals surface area contributed by atoms with Crippen molar-refractivity contribution < 1.29 is 43.5 Å². The summed E-state index contributed by atoms with van der Waals surface area (Å²) in [5, 5.41) is 22.5. The highest BCUT2D eigenvalue weighted by atomic mass is 35.5. The van der Waals surface area contributed by atoms with Gasteiger partial charge in [0.15, 0.2) is 28.8 Å². The fourth-order valence-electron chi connectivity index (χ4n) is 6.97. The highest BCUT2D eigenvalue weighted by Crippen LogP contribution is 2.56. The maximum atomic E-state index is 14.3. The lowest BCUT2D eigenvalue weighted by Gasteiger charge is -2.39. The van der Waals surface area contributed by atoms with E-state index in [9.17, 15) is 24.6 Å². The average molecular weight is 686 g/mol. The third-order valence-electron chi connectivity index (χ3n) is 9.65. The Hall–Kier alpha value is -4.00. The number of allylic oxidation sites excluding steroid dienone is 1. The number of benzene rings is 2. The summed E-state index contributed by atoms with van der Waals surface area (Å²) < 4.78 is 22.5. The largest absolute Gasteiger partial charge is 0.507 e. The van der Waals surface area contributed by atoms with Crippen molar-refractivity contribution in [2.45, 2.75) is 37.7 Å². The first-order chi connectivity index (χ1) is 22.9. The minimum atomic E-state index is -2.00. The second kappa shape index (κ2) is 14.2. The van der Waals surface area contributed by atoms with Gasteiger partial charge in [0, 0.05) is 62.5 Å². The number of aliphatic hydroxyl groups is 1. The van der Waals surface area contributed by atoms with Crippen LogP contribution in [0, 0.1) is 5.92 Å². The van der Waals surface area contributed by atoms with Gasteiger partial charge in [0.1, 0.15) is 22.1 Å². The van der Waals surface area contributed by atoms with Gasteiger partial charge in [-0.1, -0.05) is 24.6 Å². The van der Waals surface area contributed by atoms with Gasteiger partial charge in [-0.25, -0.2) is 0 Å². The van der Waals surface area contributed by atoms with Gasteiger partial charge in [-0.05, 0) is 51.3 Å². The van der Waals surface area contributed by atoms with Crippen molar-refractivity contribution in [1.29, 1.82) is 0 Å². The molecule has 0 aromatic heterocycles. The summed E-state index contributed by atoms with van der Waals surface area (Å²) in [7, 11) is 8.28. The molecule has 12 nitrogen and oxygen atoms in total. The molecule has 0 saturated carbocycles. The molecule has 1 amide bonds. The molecule has 0 bridgehead atoms. The Morgan fingerprint density at radius 2 is 1.71 bits per heavy atom. The van der Waals surface area contributed by atoms with Gasteiger partial charge in [0.25, 0.3) is 0 Å². The number of ketones is 2. The number of amides is 1. The van der Waals surface area contributed by atoms with Crippen molar-refractivity contribution >= 4 is 29.1 Å². The summed E-state index contributed by atoms with van der Waals surface area (Å²) in [5.74, 6) is -3.30. The molecule has 2 aromatic carbocycles. The number of halogens is 1. The number of ether oxygens (including phenoxy) is 4. The molecule has 5 rings (SSSR count). The molecular weight excluding hydrogens is 642 g/mol. The number of methoxy groups -OCH3 is 3. The topological polar surface area (TPSA) is 138 Å². The first kappa shape index (κ1) is 35.3. The van der Waals surface area contributed by atoms with E-state index < -0.39 is 34.8 Å². The Bertz CT molecular complexity index is 1620. The SMILES string of the molecule is COc1cc(C(CC(=O)N2CCN(CCCN(C)C)CC2)C2=C(O)[C@@]3(Oc4c(Cl)c(OC)cc(OC)c4C3=O)[C@H](C)CC2=O)ccc1O. The lowest BCUT2D eigenvalue weighted by Crippen LogP contribution is -2.53. The van der Waals surface area contributed by atoms with Gasteiger partial charge in [0.05, 0.1) is 21.3 Å². The summed E-state index contributed by atoms with van der Waals surface area (Å²) in [6.45, 7) is 6.03. The Morgan fingerprint density at radius 1 is 1.04 bits per heavy atom. The number of carbonyl (C=O) groups is 3. The zero-order valence-electron chi connectivity index (χ0n) is 28.3. The third kappa shape index (κ3) is 6.28. The molecule has 48 heavy (non-hydrogen) atoms. The van der Waals surface area contributed by atoms with Crippen LogP contribution in [0.25, 0.3) is 0 Å². The van der Waals surface area contributed by atoms with Gasteiger partial charge in [0.2, 0.25) is 17.3 Å². The summed E-state index contributed by atoms with van der Waals surface area (Å²) in [6.07, 6.45) is 0.695. The van der Waals surface area contributed by atoms with Gasteiger partial charge < -0.3 is 39.0 Å². The normalized spacial score (nSPS) is 21.8. The van der Waals surface area contributed by atoms with E-state index in [0.717, 1.165) is 32.6 Å². The number of phenolic OH excluding ortho intramolecular Hbond substituents is 1. The number of hydrogen-bond acceptors (Lipinski definition) is 11. The van der Waals surface area contributed by atoms with Crippen molar-refractivity contribution in [1.82, 2.24) is 14.7 Å². The number of rotatable bonds is 11. The van der Waals surface area contributed by atoms with Gasteiger partial charge in [-0.2, -0.15) is 0 Å². The number of aliphatic hydroxyl groups excluding tert-OH is 1. The fourth-order valence-corrected chi connectivity index (χ4v) is 7.24. The van der Waals surface area contributed by atoms with Crippen molar-refractivity contribution in [3.63, 3.8) is 0 Å². The summed E-state index contributed by atoms with van der Waals surface area (Å²) in [6, 6.07) is 5.98. The number of fused-ring (bicyclic) bond motifs is 1. The summed E-state index contributed by atoms with van der Waals surface area (Å²) >= 11 is 6.61. The van der Waals surface area contributed by atoms with E-state index in [2.05, 4.69) is 9.80 Å². The van der Waals surface area contributed by atoms with E-state index in [4.69, 9.17) is 30.5 Å². The summed E-state index contributed by atoms with van der Waals surface area (Å²) in [4.78, 5) is 48.5. The number of hydrogen-bond donors (Lipinski definition) is 2. The van der Waals surface area contributed by atoms with Gasteiger partial charge in [-0.3, -0.25) is 19.3 Å². The van der Waals surface area contributed by atoms with Crippen molar-refractivity contribution in [2.24, 2.45) is 5.92 Å². The summed E-state index contributed by atoms with van der Waals surface area (Å²) in [5.41, 5.74) is -1.65. The second-order valence-corrected chi connectivity index (χ2v) is 13.2. The van der Waals surface area contributed by atoms with Crippen molar-refractivity contribution in [3.8, 4) is 28.7 Å². The zero-order valence-corrected chi connectivity index (χ0v) is 29.1. The zero-order chi connectivity index (χ0) is 34.9. The quantitative estimate of drug-likeness (QED) is 0.354. The molecule has 2 aromatic rings. The van der Waals surface area contributed by atoms with E-state index in [0.29, 0.717) is 18.7 Å². The van der Waals surface area contributed by atoms with Gasteiger partial charge >= 0.3 is 0 Å². The van der Waals surface area contributed by atoms with Crippen LogP contribution >= 0.6 is 11.6 Å².